The maximum absolute atomic E-state index is 12.0. The second-order valence-electron chi connectivity index (χ2n) is 5.10. The van der Waals surface area contributed by atoms with E-state index in [9.17, 15) is 9.59 Å². The summed E-state index contributed by atoms with van der Waals surface area (Å²) in [6.07, 6.45) is 4.72. The lowest BCUT2D eigenvalue weighted by Crippen LogP contribution is -2.33. The van der Waals surface area contributed by atoms with Crippen molar-refractivity contribution in [3.8, 4) is 0 Å². The number of carboxylic acid groups (broad SMARTS) is 1. The minimum absolute atomic E-state index is 0.0123. The van der Waals surface area contributed by atoms with Gasteiger partial charge in [-0.25, -0.2) is 0 Å². The number of carbonyl (C=O) groups is 2. The van der Waals surface area contributed by atoms with Gasteiger partial charge in [0.1, 0.15) is 11.5 Å². The number of hydrogen-bond donors (Lipinski definition) is 2. The van der Waals surface area contributed by atoms with Crippen LogP contribution in [0.5, 0.6) is 0 Å². The number of aromatic nitrogens is 2. The van der Waals surface area contributed by atoms with E-state index >= 15 is 0 Å². The van der Waals surface area contributed by atoms with Crippen molar-refractivity contribution in [2.45, 2.75) is 38.8 Å². The first-order valence-corrected chi connectivity index (χ1v) is 7.13. The SMILES string of the molecule is CC(CCc1ccco1)NC(=O)c1ccn(CCC(=O)O)n1. The molecule has 118 valence electrons. The van der Waals surface area contributed by atoms with Crippen LogP contribution >= 0.6 is 0 Å². The van der Waals surface area contributed by atoms with Crippen molar-refractivity contribution in [1.82, 2.24) is 15.1 Å². The molecule has 0 saturated heterocycles. The van der Waals surface area contributed by atoms with Crippen LogP contribution in [0.2, 0.25) is 0 Å². The number of nitrogens with one attached hydrogen (secondary N) is 1. The Kier molecular flexibility index (Phi) is 5.35. The van der Waals surface area contributed by atoms with E-state index in [-0.39, 0.29) is 30.6 Å². The van der Waals surface area contributed by atoms with Crippen LogP contribution in [0.25, 0.3) is 0 Å². The van der Waals surface area contributed by atoms with Crippen molar-refractivity contribution in [2.24, 2.45) is 0 Å². The molecule has 0 saturated carbocycles. The lowest BCUT2D eigenvalue weighted by atomic mass is 10.1. The molecule has 0 aliphatic carbocycles. The summed E-state index contributed by atoms with van der Waals surface area (Å²) in [7, 11) is 0. The number of aryl methyl sites for hydroxylation is 2. The van der Waals surface area contributed by atoms with Gasteiger partial charge in [-0.3, -0.25) is 14.3 Å². The molecule has 2 heterocycles. The minimum atomic E-state index is -0.895. The Morgan fingerprint density at radius 3 is 2.95 bits per heavy atom. The average molecular weight is 305 g/mol. The van der Waals surface area contributed by atoms with Crippen molar-refractivity contribution < 1.29 is 19.1 Å². The van der Waals surface area contributed by atoms with Crippen LogP contribution in [0.1, 0.15) is 36.0 Å². The Bertz CT molecular complexity index is 619. The first-order chi connectivity index (χ1) is 10.5. The number of nitrogens with zero attached hydrogens (tertiary/aromatic N) is 2. The number of carboxylic acids is 1. The summed E-state index contributed by atoms with van der Waals surface area (Å²) < 4.78 is 6.70. The second kappa shape index (κ2) is 7.44. The molecule has 0 fully saturated rings. The Balaban J connectivity index is 1.79. The smallest absolute Gasteiger partial charge is 0.305 e. The zero-order valence-corrected chi connectivity index (χ0v) is 12.4. The lowest BCUT2D eigenvalue weighted by molar-refractivity contribution is -0.137. The van der Waals surface area contributed by atoms with E-state index in [0.29, 0.717) is 0 Å². The van der Waals surface area contributed by atoms with E-state index in [1.165, 1.54) is 4.68 Å². The molecule has 1 amide bonds. The number of hydrogen-bond acceptors (Lipinski definition) is 4. The molecule has 1 unspecified atom stereocenters. The lowest BCUT2D eigenvalue weighted by Gasteiger charge is -2.11. The van der Waals surface area contributed by atoms with Crippen molar-refractivity contribution in [3.05, 3.63) is 42.1 Å². The second-order valence-corrected chi connectivity index (χ2v) is 5.10. The van der Waals surface area contributed by atoms with E-state index in [4.69, 9.17) is 9.52 Å². The Hall–Kier alpha value is -2.57. The largest absolute Gasteiger partial charge is 0.481 e. The van der Waals surface area contributed by atoms with Gasteiger partial charge < -0.3 is 14.8 Å². The predicted octanol–water partition coefficient (Wildman–Crippen LogP) is 1.70. The van der Waals surface area contributed by atoms with Gasteiger partial charge in [0, 0.05) is 18.7 Å². The van der Waals surface area contributed by atoms with Crippen LogP contribution in [0.3, 0.4) is 0 Å². The van der Waals surface area contributed by atoms with Gasteiger partial charge in [-0.15, -0.1) is 0 Å². The monoisotopic (exact) mass is 305 g/mol. The van der Waals surface area contributed by atoms with Gasteiger partial charge in [0.05, 0.1) is 19.2 Å². The molecule has 0 bridgehead atoms. The summed E-state index contributed by atoms with van der Waals surface area (Å²) in [4.78, 5) is 22.5. The summed E-state index contributed by atoms with van der Waals surface area (Å²) in [6, 6.07) is 5.30. The fourth-order valence-electron chi connectivity index (χ4n) is 2.00. The van der Waals surface area contributed by atoms with Gasteiger partial charge in [-0.1, -0.05) is 0 Å². The third kappa shape index (κ3) is 4.76. The van der Waals surface area contributed by atoms with Crippen molar-refractivity contribution >= 4 is 11.9 Å². The summed E-state index contributed by atoms with van der Waals surface area (Å²) in [5, 5.41) is 15.6. The summed E-state index contributed by atoms with van der Waals surface area (Å²) in [6.45, 7) is 2.17. The van der Waals surface area contributed by atoms with Crippen molar-refractivity contribution in [3.63, 3.8) is 0 Å². The first kappa shape index (κ1) is 15.8. The molecule has 2 rings (SSSR count). The molecule has 0 aliphatic rings. The van der Waals surface area contributed by atoms with Crippen LogP contribution in [-0.4, -0.2) is 32.8 Å². The molecular formula is C15H19N3O4. The molecule has 7 nitrogen and oxygen atoms in total. The van der Waals surface area contributed by atoms with E-state index in [1.54, 1.807) is 18.5 Å². The molecule has 7 heteroatoms. The molecule has 22 heavy (non-hydrogen) atoms. The Labute approximate surface area is 127 Å². The zero-order chi connectivity index (χ0) is 15.9. The zero-order valence-electron chi connectivity index (χ0n) is 12.4. The van der Waals surface area contributed by atoms with Crippen molar-refractivity contribution in [2.75, 3.05) is 0 Å². The van der Waals surface area contributed by atoms with E-state index < -0.39 is 5.97 Å². The van der Waals surface area contributed by atoms with Crippen molar-refractivity contribution in [1.29, 1.82) is 0 Å². The molecule has 2 aromatic heterocycles. The van der Waals surface area contributed by atoms with Crippen LogP contribution in [-0.2, 0) is 17.8 Å². The minimum Gasteiger partial charge on any atom is -0.481 e. The molecular weight excluding hydrogens is 286 g/mol. The number of carbonyl (C=O) groups excluding carboxylic acids is 1. The fourth-order valence-corrected chi connectivity index (χ4v) is 2.00. The van der Waals surface area contributed by atoms with Crippen LogP contribution in [0, 0.1) is 0 Å². The molecule has 0 aromatic carbocycles. The van der Waals surface area contributed by atoms with Gasteiger partial charge in [-0.2, -0.15) is 5.10 Å². The predicted molar refractivity (Wildman–Crippen MR) is 78.4 cm³/mol. The van der Waals surface area contributed by atoms with Crippen LogP contribution in [0.4, 0.5) is 0 Å². The topological polar surface area (TPSA) is 97.4 Å². The van der Waals surface area contributed by atoms with Gasteiger partial charge in [0.15, 0.2) is 0 Å². The van der Waals surface area contributed by atoms with E-state index in [2.05, 4.69) is 10.4 Å². The molecule has 2 aromatic rings. The number of furan rings is 1. The Morgan fingerprint density at radius 1 is 1.45 bits per heavy atom. The van der Waals surface area contributed by atoms with Gasteiger partial charge in [0.2, 0.25) is 0 Å². The quantitative estimate of drug-likeness (QED) is 0.773. The molecule has 1 atom stereocenters. The third-order valence-electron chi connectivity index (χ3n) is 3.21. The maximum atomic E-state index is 12.0. The molecule has 0 aliphatic heterocycles. The highest BCUT2D eigenvalue weighted by Crippen LogP contribution is 2.06. The van der Waals surface area contributed by atoms with E-state index in [1.807, 2.05) is 19.1 Å². The van der Waals surface area contributed by atoms with Gasteiger partial charge >= 0.3 is 5.97 Å². The highest BCUT2D eigenvalue weighted by molar-refractivity contribution is 5.92. The van der Waals surface area contributed by atoms with Gasteiger partial charge in [-0.05, 0) is 31.5 Å². The van der Waals surface area contributed by atoms with Crippen LogP contribution < -0.4 is 5.32 Å². The normalized spacial score (nSPS) is 12.0. The fraction of sp³-hybridized carbons (Fsp3) is 0.400. The summed E-state index contributed by atoms with van der Waals surface area (Å²) in [5.74, 6) is -0.270. The average Bonchev–Trinajstić information content (AvgIpc) is 3.14. The summed E-state index contributed by atoms with van der Waals surface area (Å²) in [5.41, 5.74) is 0.287. The highest BCUT2D eigenvalue weighted by atomic mass is 16.4. The van der Waals surface area contributed by atoms with Crippen LogP contribution in [0.15, 0.2) is 35.1 Å². The number of aliphatic carboxylic acids is 1. The number of amides is 1. The Morgan fingerprint density at radius 2 is 2.27 bits per heavy atom. The molecule has 0 radical (unpaired) electrons. The highest BCUT2D eigenvalue weighted by Gasteiger charge is 2.13. The number of rotatable bonds is 8. The van der Waals surface area contributed by atoms with E-state index in [0.717, 1.165) is 18.6 Å². The van der Waals surface area contributed by atoms with Gasteiger partial charge in [0.25, 0.3) is 5.91 Å². The molecule has 0 spiro atoms. The standard InChI is InChI=1S/C15H19N3O4/c1-11(4-5-12-3-2-10-22-12)16-15(21)13-6-8-18(17-13)9-7-14(19)20/h2-3,6,8,10-11H,4-5,7,9H2,1H3,(H,16,21)(H,19,20). The first-order valence-electron chi connectivity index (χ1n) is 7.13. The molecule has 2 N–H and O–H groups in total. The maximum Gasteiger partial charge on any atom is 0.305 e. The summed E-state index contributed by atoms with van der Waals surface area (Å²) >= 11 is 0. The third-order valence-corrected chi connectivity index (χ3v) is 3.21.